The van der Waals surface area contributed by atoms with Crippen molar-refractivity contribution in [1.82, 2.24) is 9.21 Å². The van der Waals surface area contributed by atoms with Crippen LogP contribution in [0, 0.1) is 0 Å². The lowest BCUT2D eigenvalue weighted by molar-refractivity contribution is -0.117. The van der Waals surface area contributed by atoms with Crippen LogP contribution in [0.4, 0.5) is 5.69 Å². The molecule has 2 rings (SSSR count). The number of hydrogen-bond donors (Lipinski definition) is 1. The molecule has 1 aliphatic heterocycles. The van der Waals surface area contributed by atoms with E-state index >= 15 is 0 Å². The van der Waals surface area contributed by atoms with E-state index in [1.807, 2.05) is 0 Å². The van der Waals surface area contributed by atoms with E-state index in [1.165, 1.54) is 49.8 Å². The second-order valence-electron chi connectivity index (χ2n) is 6.40. The minimum atomic E-state index is -3.44. The topological polar surface area (TPSA) is 69.7 Å². The molecule has 0 bridgehead atoms. The average molecular weight is 353 g/mol. The van der Waals surface area contributed by atoms with Crippen LogP contribution in [0.2, 0.25) is 0 Å². The first-order valence-electron chi connectivity index (χ1n) is 8.44. The lowest BCUT2D eigenvalue weighted by atomic mass is 10.1. The highest BCUT2D eigenvalue weighted by Crippen LogP contribution is 2.17. The number of sulfonamides is 1. The van der Waals surface area contributed by atoms with Gasteiger partial charge in [-0.25, -0.2) is 12.7 Å². The maximum Gasteiger partial charge on any atom is 0.242 e. The van der Waals surface area contributed by atoms with Crippen LogP contribution in [0.25, 0.3) is 0 Å². The van der Waals surface area contributed by atoms with Gasteiger partial charge in [-0.2, -0.15) is 0 Å². The number of benzene rings is 1. The summed E-state index contributed by atoms with van der Waals surface area (Å²) in [6.07, 6.45) is 6.05. The third kappa shape index (κ3) is 5.29. The van der Waals surface area contributed by atoms with Crippen molar-refractivity contribution in [3.8, 4) is 0 Å². The van der Waals surface area contributed by atoms with Gasteiger partial charge in [-0.1, -0.05) is 19.3 Å². The Morgan fingerprint density at radius 1 is 1.04 bits per heavy atom. The van der Waals surface area contributed by atoms with Crippen molar-refractivity contribution in [2.24, 2.45) is 0 Å². The van der Waals surface area contributed by atoms with Gasteiger partial charge in [0.15, 0.2) is 0 Å². The first-order chi connectivity index (χ1) is 11.4. The zero-order valence-electron chi connectivity index (χ0n) is 14.5. The van der Waals surface area contributed by atoms with E-state index in [0.29, 0.717) is 12.2 Å². The molecule has 0 atom stereocenters. The van der Waals surface area contributed by atoms with Crippen molar-refractivity contribution < 1.29 is 13.2 Å². The lowest BCUT2D eigenvalue weighted by Crippen LogP contribution is -2.35. The van der Waals surface area contributed by atoms with Crippen LogP contribution in [0.1, 0.15) is 32.1 Å². The Bertz CT molecular complexity index is 634. The number of likely N-dealkylation sites (tertiary alicyclic amines) is 1. The number of carbonyl (C=O) groups is 1. The molecular formula is C17H27N3O3S. The fraction of sp³-hybridized carbons (Fsp3) is 0.588. The summed E-state index contributed by atoms with van der Waals surface area (Å²) >= 11 is 0. The molecule has 134 valence electrons. The van der Waals surface area contributed by atoms with E-state index in [9.17, 15) is 13.2 Å². The molecule has 1 aliphatic rings. The minimum Gasteiger partial charge on any atom is -0.325 e. The average Bonchev–Trinajstić information content (AvgIpc) is 2.50. The molecule has 0 unspecified atom stereocenters. The SMILES string of the molecule is CN(C)S(=O)(=O)c1ccc(NC(=O)CN2CCCCCCC2)cc1. The minimum absolute atomic E-state index is 0.0567. The van der Waals surface area contributed by atoms with Crippen LogP contribution >= 0.6 is 0 Å². The quantitative estimate of drug-likeness (QED) is 0.880. The van der Waals surface area contributed by atoms with Crippen LogP contribution in [-0.4, -0.2) is 57.3 Å². The van der Waals surface area contributed by atoms with Gasteiger partial charge in [-0.3, -0.25) is 9.69 Å². The molecule has 1 N–H and O–H groups in total. The standard InChI is InChI=1S/C17H27N3O3S/c1-19(2)24(22,23)16-10-8-15(9-11-16)18-17(21)14-20-12-6-4-3-5-7-13-20/h8-11H,3-7,12-14H2,1-2H3,(H,18,21). The summed E-state index contributed by atoms with van der Waals surface area (Å²) < 4.78 is 25.2. The summed E-state index contributed by atoms with van der Waals surface area (Å²) in [7, 11) is -0.451. The number of carbonyl (C=O) groups excluding carboxylic acids is 1. The van der Waals surface area contributed by atoms with Crippen LogP contribution < -0.4 is 5.32 Å². The third-order valence-corrected chi connectivity index (χ3v) is 6.06. The Labute approximate surface area is 144 Å². The molecule has 6 nitrogen and oxygen atoms in total. The fourth-order valence-electron chi connectivity index (χ4n) is 2.80. The smallest absolute Gasteiger partial charge is 0.242 e. The Balaban J connectivity index is 1.92. The summed E-state index contributed by atoms with van der Waals surface area (Å²) in [6, 6.07) is 6.28. The second kappa shape index (κ2) is 8.60. The van der Waals surface area contributed by atoms with Crippen molar-refractivity contribution in [2.45, 2.75) is 37.0 Å². The van der Waals surface area contributed by atoms with Gasteiger partial charge < -0.3 is 5.32 Å². The number of hydrogen-bond acceptors (Lipinski definition) is 4. The summed E-state index contributed by atoms with van der Waals surface area (Å²) in [5.41, 5.74) is 0.616. The molecule has 1 amide bonds. The maximum absolute atomic E-state index is 12.2. The van der Waals surface area contributed by atoms with Gasteiger partial charge in [0.1, 0.15) is 0 Å². The number of anilines is 1. The lowest BCUT2D eigenvalue weighted by Gasteiger charge is -2.23. The van der Waals surface area contributed by atoms with Gasteiger partial charge in [-0.15, -0.1) is 0 Å². The molecule has 24 heavy (non-hydrogen) atoms. The van der Waals surface area contributed by atoms with Gasteiger partial charge in [0.2, 0.25) is 15.9 Å². The van der Waals surface area contributed by atoms with E-state index in [-0.39, 0.29) is 10.8 Å². The van der Waals surface area contributed by atoms with Crippen molar-refractivity contribution in [1.29, 1.82) is 0 Å². The maximum atomic E-state index is 12.2. The molecule has 0 spiro atoms. The van der Waals surface area contributed by atoms with Gasteiger partial charge in [-0.05, 0) is 50.2 Å². The zero-order chi connectivity index (χ0) is 17.6. The number of rotatable bonds is 5. The van der Waals surface area contributed by atoms with Crippen molar-refractivity contribution in [3.63, 3.8) is 0 Å². The molecule has 0 aromatic heterocycles. The Morgan fingerprint density at radius 3 is 2.12 bits per heavy atom. The largest absolute Gasteiger partial charge is 0.325 e. The highest BCUT2D eigenvalue weighted by Gasteiger charge is 2.17. The molecule has 1 heterocycles. The van der Waals surface area contributed by atoms with Gasteiger partial charge in [0.05, 0.1) is 11.4 Å². The predicted octanol–water partition coefficient (Wildman–Crippen LogP) is 2.14. The number of nitrogens with one attached hydrogen (secondary N) is 1. The Morgan fingerprint density at radius 2 is 1.58 bits per heavy atom. The van der Waals surface area contributed by atoms with Crippen LogP contribution in [-0.2, 0) is 14.8 Å². The molecule has 1 saturated heterocycles. The van der Waals surface area contributed by atoms with E-state index in [2.05, 4.69) is 10.2 Å². The van der Waals surface area contributed by atoms with Crippen LogP contribution in [0.3, 0.4) is 0 Å². The molecule has 0 saturated carbocycles. The molecule has 7 heteroatoms. The van der Waals surface area contributed by atoms with Gasteiger partial charge >= 0.3 is 0 Å². The Hall–Kier alpha value is -1.44. The van der Waals surface area contributed by atoms with Crippen molar-refractivity contribution >= 4 is 21.6 Å². The molecule has 1 aromatic carbocycles. The van der Waals surface area contributed by atoms with Gasteiger partial charge in [0, 0.05) is 19.8 Å². The molecule has 0 radical (unpaired) electrons. The van der Waals surface area contributed by atoms with E-state index in [1.54, 1.807) is 12.1 Å². The summed E-state index contributed by atoms with van der Waals surface area (Å²) in [6.45, 7) is 2.32. The molecular weight excluding hydrogens is 326 g/mol. The molecule has 1 aromatic rings. The summed E-state index contributed by atoms with van der Waals surface area (Å²) in [5.74, 6) is -0.0567. The van der Waals surface area contributed by atoms with Crippen LogP contribution in [0.5, 0.6) is 0 Å². The monoisotopic (exact) mass is 353 g/mol. The van der Waals surface area contributed by atoms with E-state index < -0.39 is 10.0 Å². The zero-order valence-corrected chi connectivity index (χ0v) is 15.3. The highest BCUT2D eigenvalue weighted by molar-refractivity contribution is 7.89. The first kappa shape index (κ1) is 18.9. The van der Waals surface area contributed by atoms with Gasteiger partial charge in [0.25, 0.3) is 0 Å². The molecule has 1 fully saturated rings. The van der Waals surface area contributed by atoms with Crippen molar-refractivity contribution in [2.75, 3.05) is 39.0 Å². The normalized spacial score (nSPS) is 17.3. The van der Waals surface area contributed by atoms with Crippen LogP contribution in [0.15, 0.2) is 29.2 Å². The first-order valence-corrected chi connectivity index (χ1v) is 9.88. The second-order valence-corrected chi connectivity index (χ2v) is 8.56. The number of amides is 1. The summed E-state index contributed by atoms with van der Waals surface area (Å²) in [4.78, 5) is 14.6. The predicted molar refractivity (Wildman–Crippen MR) is 95.5 cm³/mol. The third-order valence-electron chi connectivity index (χ3n) is 4.23. The van der Waals surface area contributed by atoms with Crippen molar-refractivity contribution in [3.05, 3.63) is 24.3 Å². The highest BCUT2D eigenvalue weighted by atomic mass is 32.2. The van der Waals surface area contributed by atoms with E-state index in [4.69, 9.17) is 0 Å². The fourth-order valence-corrected chi connectivity index (χ4v) is 3.70. The Kier molecular flexibility index (Phi) is 6.77. The molecule has 0 aliphatic carbocycles. The van der Waals surface area contributed by atoms with E-state index in [0.717, 1.165) is 25.9 Å². The number of nitrogens with zero attached hydrogens (tertiary/aromatic N) is 2. The summed E-state index contributed by atoms with van der Waals surface area (Å²) in [5, 5.41) is 2.84.